The Morgan fingerprint density at radius 2 is 1.04 bits per heavy atom. The lowest BCUT2D eigenvalue weighted by Gasteiger charge is -2.25. The fourth-order valence-electron chi connectivity index (χ4n) is 8.16. The lowest BCUT2D eigenvalue weighted by Crippen LogP contribution is -2.30. The predicted octanol–water partition coefficient (Wildman–Crippen LogP) is 13.2. The monoisotopic (exact) mass is 780 g/mol. The zero-order valence-electron chi connectivity index (χ0n) is 37.4. The highest BCUT2D eigenvalue weighted by atomic mass is 16.6. The lowest BCUT2D eigenvalue weighted by molar-refractivity contribution is -0.153. The van der Waals surface area contributed by atoms with E-state index in [-0.39, 0.29) is 42.6 Å². The van der Waals surface area contributed by atoms with Gasteiger partial charge in [0.25, 0.3) is 0 Å². The molecular weight excluding hydrogens is 687 g/mol. The number of unbranched alkanes of at least 4 members (excludes halogenated alkanes) is 24. The van der Waals surface area contributed by atoms with E-state index in [1.165, 1.54) is 141 Å². The zero-order chi connectivity index (χ0) is 40.0. The van der Waals surface area contributed by atoms with Gasteiger partial charge >= 0.3 is 11.9 Å². The number of esters is 2. The Kier molecular flexibility index (Phi) is 36.1. The number of nitrogens with zero attached hydrogens (tertiary/aromatic N) is 1. The average Bonchev–Trinajstić information content (AvgIpc) is 3.54. The Bertz CT molecular complexity index is 852. The standard InChI is InChI=1S/C48H93NO6/c1-6-9-12-14-16-18-20-22-24-26-28-31-38-52-41-44(53-39-32-29-27-25-23-21-19-17-15-13-10-7-2)42-54-48(51)40-43-34-35-46(45(43)33-30-11-8-3)55-47(50)36-37-49(4)5/h43-46H,6-42H2,1-5H3. The molecule has 0 spiro atoms. The average molecular weight is 780 g/mol. The Morgan fingerprint density at radius 3 is 1.55 bits per heavy atom. The summed E-state index contributed by atoms with van der Waals surface area (Å²) in [4.78, 5) is 27.8. The molecule has 1 rings (SSSR count). The van der Waals surface area contributed by atoms with Gasteiger partial charge in [0.05, 0.1) is 13.0 Å². The summed E-state index contributed by atoms with van der Waals surface area (Å²) in [5.41, 5.74) is 0. The van der Waals surface area contributed by atoms with Crippen LogP contribution in [0.5, 0.6) is 0 Å². The van der Waals surface area contributed by atoms with Crippen LogP contribution in [0.2, 0.25) is 0 Å². The summed E-state index contributed by atoms with van der Waals surface area (Å²) in [6, 6.07) is 0. The van der Waals surface area contributed by atoms with Crippen LogP contribution in [-0.4, -0.2) is 76.1 Å². The highest BCUT2D eigenvalue weighted by Gasteiger charge is 2.39. The molecule has 1 aliphatic rings. The van der Waals surface area contributed by atoms with Gasteiger partial charge in [0.15, 0.2) is 0 Å². The first-order valence-corrected chi connectivity index (χ1v) is 24.1. The number of rotatable bonds is 41. The van der Waals surface area contributed by atoms with Gasteiger partial charge in [-0.15, -0.1) is 0 Å². The van der Waals surface area contributed by atoms with E-state index >= 15 is 0 Å². The highest BCUT2D eigenvalue weighted by molar-refractivity contribution is 5.70. The van der Waals surface area contributed by atoms with Crippen molar-refractivity contribution in [2.75, 3.05) is 47.1 Å². The SMILES string of the molecule is CCCCCCCCCCCCCCOCC(COC(=O)CC1CCC(OC(=O)CCN(C)C)C1CCCCC)OCCCCCCCCCCCCCC. The molecule has 0 aromatic carbocycles. The van der Waals surface area contributed by atoms with Crippen molar-refractivity contribution in [3.8, 4) is 0 Å². The number of hydrogen-bond acceptors (Lipinski definition) is 7. The normalized spacial score (nSPS) is 17.6. The Hall–Kier alpha value is -1.18. The molecule has 1 aliphatic carbocycles. The number of carbonyl (C=O) groups is 2. The van der Waals surface area contributed by atoms with Crippen molar-refractivity contribution in [1.82, 2.24) is 4.90 Å². The minimum absolute atomic E-state index is 0.0929. The van der Waals surface area contributed by atoms with E-state index in [4.69, 9.17) is 18.9 Å². The summed E-state index contributed by atoms with van der Waals surface area (Å²) in [7, 11) is 3.94. The van der Waals surface area contributed by atoms with Gasteiger partial charge in [0, 0.05) is 26.2 Å². The second-order valence-corrected chi connectivity index (χ2v) is 17.3. The summed E-state index contributed by atoms with van der Waals surface area (Å²) >= 11 is 0. The lowest BCUT2D eigenvalue weighted by atomic mass is 9.87. The van der Waals surface area contributed by atoms with E-state index < -0.39 is 0 Å². The van der Waals surface area contributed by atoms with E-state index in [1.807, 2.05) is 19.0 Å². The van der Waals surface area contributed by atoms with E-state index in [0.717, 1.165) is 58.0 Å². The number of carbonyl (C=O) groups excluding carboxylic acids is 2. The van der Waals surface area contributed by atoms with Gasteiger partial charge in [-0.25, -0.2) is 0 Å². The van der Waals surface area contributed by atoms with Crippen LogP contribution in [0, 0.1) is 11.8 Å². The molecule has 55 heavy (non-hydrogen) atoms. The molecule has 0 aliphatic heterocycles. The van der Waals surface area contributed by atoms with Crippen molar-refractivity contribution in [1.29, 1.82) is 0 Å². The van der Waals surface area contributed by atoms with Crippen molar-refractivity contribution in [3.63, 3.8) is 0 Å². The largest absolute Gasteiger partial charge is 0.463 e. The second kappa shape index (κ2) is 38.3. The third-order valence-electron chi connectivity index (χ3n) is 11.7. The molecule has 4 unspecified atom stereocenters. The molecule has 7 heteroatoms. The first-order chi connectivity index (χ1) is 26.9. The van der Waals surface area contributed by atoms with E-state index in [0.29, 0.717) is 32.6 Å². The molecule has 0 aromatic rings. The molecule has 0 radical (unpaired) electrons. The highest BCUT2D eigenvalue weighted by Crippen LogP contribution is 2.40. The molecule has 0 saturated heterocycles. The smallest absolute Gasteiger partial charge is 0.307 e. The maximum Gasteiger partial charge on any atom is 0.307 e. The molecular formula is C48H93NO6. The number of ether oxygens (including phenoxy) is 4. The quantitative estimate of drug-likeness (QED) is 0.0452. The first kappa shape index (κ1) is 51.8. The van der Waals surface area contributed by atoms with Crippen molar-refractivity contribution in [3.05, 3.63) is 0 Å². The third kappa shape index (κ3) is 31.5. The summed E-state index contributed by atoms with van der Waals surface area (Å²) in [6.07, 6.45) is 38.4. The van der Waals surface area contributed by atoms with Gasteiger partial charge < -0.3 is 23.8 Å². The van der Waals surface area contributed by atoms with E-state index in [2.05, 4.69) is 20.8 Å². The summed E-state index contributed by atoms with van der Waals surface area (Å²) < 4.78 is 24.3. The third-order valence-corrected chi connectivity index (χ3v) is 11.7. The van der Waals surface area contributed by atoms with Crippen LogP contribution >= 0.6 is 0 Å². The summed E-state index contributed by atoms with van der Waals surface area (Å²) in [5.74, 6) is 0.127. The molecule has 7 nitrogen and oxygen atoms in total. The van der Waals surface area contributed by atoms with Crippen LogP contribution in [0.4, 0.5) is 0 Å². The van der Waals surface area contributed by atoms with E-state index in [1.54, 1.807) is 0 Å². The molecule has 0 amide bonds. The van der Waals surface area contributed by atoms with Gasteiger partial charge in [-0.1, -0.05) is 181 Å². The molecule has 0 heterocycles. The minimum Gasteiger partial charge on any atom is -0.463 e. The fourth-order valence-corrected chi connectivity index (χ4v) is 8.16. The molecule has 1 saturated carbocycles. The van der Waals surface area contributed by atoms with Gasteiger partial charge in [0.1, 0.15) is 18.8 Å². The molecule has 0 N–H and O–H groups in total. The maximum atomic E-state index is 13.2. The van der Waals surface area contributed by atoms with Crippen LogP contribution < -0.4 is 0 Å². The predicted molar refractivity (Wildman–Crippen MR) is 232 cm³/mol. The maximum absolute atomic E-state index is 13.2. The zero-order valence-corrected chi connectivity index (χ0v) is 37.4. The molecule has 0 bridgehead atoms. The molecule has 4 atom stereocenters. The minimum atomic E-state index is -0.233. The number of hydrogen-bond donors (Lipinski definition) is 0. The Morgan fingerprint density at radius 1 is 0.564 bits per heavy atom. The first-order valence-electron chi connectivity index (χ1n) is 24.1. The molecule has 1 fully saturated rings. The topological polar surface area (TPSA) is 74.3 Å². The van der Waals surface area contributed by atoms with Crippen LogP contribution in [0.3, 0.4) is 0 Å². The van der Waals surface area contributed by atoms with Gasteiger partial charge in [-0.2, -0.15) is 0 Å². The Balaban J connectivity index is 2.47. The van der Waals surface area contributed by atoms with Gasteiger partial charge in [-0.3, -0.25) is 9.59 Å². The van der Waals surface area contributed by atoms with Gasteiger partial charge in [-0.05, 0) is 58.0 Å². The molecule has 0 aromatic heterocycles. The van der Waals surface area contributed by atoms with Crippen LogP contribution in [-0.2, 0) is 28.5 Å². The van der Waals surface area contributed by atoms with Crippen molar-refractivity contribution in [2.45, 2.75) is 238 Å². The van der Waals surface area contributed by atoms with E-state index in [9.17, 15) is 9.59 Å². The second-order valence-electron chi connectivity index (χ2n) is 17.3. The van der Waals surface area contributed by atoms with Crippen LogP contribution in [0.1, 0.15) is 226 Å². The molecule has 326 valence electrons. The fraction of sp³-hybridized carbons (Fsp3) is 0.958. The van der Waals surface area contributed by atoms with Crippen LogP contribution in [0.15, 0.2) is 0 Å². The Labute approximate surface area is 341 Å². The summed E-state index contributed by atoms with van der Waals surface area (Å²) in [6.45, 7) is 9.59. The van der Waals surface area contributed by atoms with Crippen LogP contribution in [0.25, 0.3) is 0 Å². The van der Waals surface area contributed by atoms with Crippen molar-refractivity contribution < 1.29 is 28.5 Å². The van der Waals surface area contributed by atoms with Crippen molar-refractivity contribution in [2.24, 2.45) is 11.8 Å². The van der Waals surface area contributed by atoms with Crippen molar-refractivity contribution >= 4 is 11.9 Å². The summed E-state index contributed by atoms with van der Waals surface area (Å²) in [5, 5.41) is 0. The van der Waals surface area contributed by atoms with Gasteiger partial charge in [0.2, 0.25) is 0 Å².